The van der Waals surface area contributed by atoms with Crippen LogP contribution in [0.4, 0.5) is 17.1 Å². The molecule has 0 unspecified atom stereocenters. The Labute approximate surface area is 191 Å². The molecule has 32 heavy (non-hydrogen) atoms. The summed E-state index contributed by atoms with van der Waals surface area (Å²) in [5.74, 6) is 0.414. The van der Waals surface area contributed by atoms with Crippen molar-refractivity contribution in [2.75, 3.05) is 11.2 Å². The molecular formula is C27H20N2O2S. The fourth-order valence-corrected chi connectivity index (χ4v) is 3.91. The van der Waals surface area contributed by atoms with E-state index in [1.54, 1.807) is 12.1 Å². The lowest BCUT2D eigenvalue weighted by atomic mass is 10.1. The third-order valence-electron chi connectivity index (χ3n) is 4.89. The van der Waals surface area contributed by atoms with Crippen molar-refractivity contribution in [2.24, 2.45) is 0 Å². The van der Waals surface area contributed by atoms with Gasteiger partial charge in [0.2, 0.25) is 0 Å². The van der Waals surface area contributed by atoms with Crippen molar-refractivity contribution in [3.05, 3.63) is 118 Å². The number of nitrogens with zero attached hydrogens (tertiary/aromatic N) is 2. The summed E-state index contributed by atoms with van der Waals surface area (Å²) >= 11 is 1.35. The first-order valence-corrected chi connectivity index (χ1v) is 11.2. The fourth-order valence-electron chi connectivity index (χ4n) is 3.35. The topological polar surface area (TPSA) is 57.2 Å². The van der Waals surface area contributed by atoms with Gasteiger partial charge in [-0.25, -0.2) is 4.79 Å². The molecule has 0 saturated carbocycles. The van der Waals surface area contributed by atoms with Crippen molar-refractivity contribution in [3.8, 4) is 6.07 Å². The molecule has 5 heteroatoms. The predicted octanol–water partition coefficient (Wildman–Crippen LogP) is 6.87. The second kappa shape index (κ2) is 9.86. The van der Waals surface area contributed by atoms with Crippen LogP contribution in [0.2, 0.25) is 0 Å². The van der Waals surface area contributed by atoms with Crippen LogP contribution in [0, 0.1) is 11.3 Å². The molecule has 4 aromatic rings. The molecule has 1 heterocycles. The minimum absolute atomic E-state index is 0.0425. The summed E-state index contributed by atoms with van der Waals surface area (Å²) in [7, 11) is 0. The molecule has 0 aliphatic heterocycles. The SMILES string of the molecule is CSc1cc(/C=C/c2ccc(N(c3ccccc3)c3ccccc3)cc2)oc(=O)c1C#N. The second-order valence-electron chi connectivity index (χ2n) is 6.92. The van der Waals surface area contributed by atoms with Crippen LogP contribution >= 0.6 is 11.8 Å². The largest absolute Gasteiger partial charge is 0.422 e. The van der Waals surface area contributed by atoms with Crippen LogP contribution in [0.25, 0.3) is 12.2 Å². The maximum absolute atomic E-state index is 12.0. The van der Waals surface area contributed by atoms with E-state index in [-0.39, 0.29) is 5.56 Å². The zero-order valence-corrected chi connectivity index (χ0v) is 18.3. The highest BCUT2D eigenvalue weighted by Crippen LogP contribution is 2.34. The van der Waals surface area contributed by atoms with E-state index in [0.717, 1.165) is 22.6 Å². The first-order chi connectivity index (χ1) is 15.7. The molecule has 156 valence electrons. The van der Waals surface area contributed by atoms with Gasteiger partial charge in [0, 0.05) is 22.0 Å². The van der Waals surface area contributed by atoms with E-state index in [4.69, 9.17) is 9.68 Å². The Bertz CT molecular complexity index is 1280. The van der Waals surface area contributed by atoms with Gasteiger partial charge in [0.05, 0.1) is 0 Å². The van der Waals surface area contributed by atoms with E-state index >= 15 is 0 Å². The van der Waals surface area contributed by atoms with E-state index in [1.165, 1.54) is 11.8 Å². The highest BCUT2D eigenvalue weighted by molar-refractivity contribution is 7.98. The quantitative estimate of drug-likeness (QED) is 0.309. The number of anilines is 3. The van der Waals surface area contributed by atoms with Gasteiger partial charge in [0.25, 0.3) is 0 Å². The average Bonchev–Trinajstić information content (AvgIpc) is 2.84. The van der Waals surface area contributed by atoms with E-state index in [1.807, 2.05) is 66.9 Å². The van der Waals surface area contributed by atoms with Crippen LogP contribution < -0.4 is 10.5 Å². The summed E-state index contributed by atoms with van der Waals surface area (Å²) < 4.78 is 5.25. The predicted molar refractivity (Wildman–Crippen MR) is 132 cm³/mol. The summed E-state index contributed by atoms with van der Waals surface area (Å²) in [5.41, 5.74) is 3.58. The number of hydrogen-bond donors (Lipinski definition) is 0. The lowest BCUT2D eigenvalue weighted by molar-refractivity contribution is 0.494. The summed E-state index contributed by atoms with van der Waals surface area (Å²) in [6.07, 6.45) is 5.45. The molecule has 0 radical (unpaired) electrons. The van der Waals surface area contributed by atoms with Gasteiger partial charge in [-0.1, -0.05) is 54.6 Å². The molecule has 0 amide bonds. The van der Waals surface area contributed by atoms with Gasteiger partial charge in [-0.3, -0.25) is 0 Å². The van der Waals surface area contributed by atoms with Crippen molar-refractivity contribution in [1.82, 2.24) is 0 Å². The first kappa shape index (κ1) is 21.2. The molecule has 1 aromatic heterocycles. The Hall–Kier alpha value is -4.01. The average molecular weight is 437 g/mol. The Morgan fingerprint density at radius 3 is 1.94 bits per heavy atom. The van der Waals surface area contributed by atoms with Gasteiger partial charge >= 0.3 is 5.63 Å². The molecule has 0 spiro atoms. The molecule has 0 bridgehead atoms. The lowest BCUT2D eigenvalue weighted by Gasteiger charge is -2.25. The van der Waals surface area contributed by atoms with Crippen molar-refractivity contribution >= 4 is 41.0 Å². The van der Waals surface area contributed by atoms with Crippen molar-refractivity contribution in [1.29, 1.82) is 5.26 Å². The van der Waals surface area contributed by atoms with E-state index in [9.17, 15) is 4.79 Å². The molecule has 0 atom stereocenters. The van der Waals surface area contributed by atoms with Gasteiger partial charge in [0.1, 0.15) is 11.8 Å². The Morgan fingerprint density at radius 1 is 0.844 bits per heavy atom. The summed E-state index contributed by atoms with van der Waals surface area (Å²) in [4.78, 5) is 14.8. The van der Waals surface area contributed by atoms with E-state index < -0.39 is 5.63 Å². The highest BCUT2D eigenvalue weighted by atomic mass is 32.2. The lowest BCUT2D eigenvalue weighted by Crippen LogP contribution is -2.09. The molecule has 0 aliphatic rings. The summed E-state index contributed by atoms with van der Waals surface area (Å²) in [5, 5.41) is 9.12. The van der Waals surface area contributed by atoms with Crippen LogP contribution in [0.5, 0.6) is 0 Å². The number of benzene rings is 3. The smallest absolute Gasteiger partial charge is 0.355 e. The Balaban J connectivity index is 1.63. The van der Waals surface area contributed by atoms with Crippen LogP contribution in [0.15, 0.2) is 105 Å². The normalized spacial score (nSPS) is 10.8. The molecule has 4 nitrogen and oxygen atoms in total. The molecule has 0 saturated heterocycles. The molecule has 3 aromatic carbocycles. The zero-order chi connectivity index (χ0) is 22.3. The molecule has 4 rings (SSSR count). The van der Waals surface area contributed by atoms with Crippen LogP contribution in [0.1, 0.15) is 16.9 Å². The van der Waals surface area contributed by atoms with Gasteiger partial charge in [-0.2, -0.15) is 5.26 Å². The van der Waals surface area contributed by atoms with Gasteiger partial charge in [0.15, 0.2) is 5.56 Å². The summed E-state index contributed by atoms with van der Waals surface area (Å²) in [6.45, 7) is 0. The number of thioether (sulfide) groups is 1. The molecular weight excluding hydrogens is 416 g/mol. The Kier molecular flexibility index (Phi) is 6.54. The van der Waals surface area contributed by atoms with Crippen LogP contribution in [-0.2, 0) is 0 Å². The number of rotatable bonds is 6. The number of hydrogen-bond acceptors (Lipinski definition) is 5. The van der Waals surface area contributed by atoms with Crippen molar-refractivity contribution in [2.45, 2.75) is 4.90 Å². The van der Waals surface area contributed by atoms with Gasteiger partial charge in [-0.05, 0) is 60.4 Å². The van der Waals surface area contributed by atoms with Gasteiger partial charge in [-0.15, -0.1) is 11.8 Å². The van der Waals surface area contributed by atoms with E-state index in [2.05, 4.69) is 41.3 Å². The van der Waals surface area contributed by atoms with Crippen molar-refractivity contribution in [3.63, 3.8) is 0 Å². The molecule has 0 aliphatic carbocycles. The molecule has 0 fully saturated rings. The van der Waals surface area contributed by atoms with Crippen molar-refractivity contribution < 1.29 is 4.42 Å². The minimum atomic E-state index is -0.615. The maximum atomic E-state index is 12.0. The van der Waals surface area contributed by atoms with Gasteiger partial charge < -0.3 is 9.32 Å². The standard InChI is InChI=1S/C27H20N2O2S/c1-32-26-18-24(31-27(30)25(26)19-28)17-14-20-12-15-23(16-13-20)29(21-8-4-2-5-9-21)22-10-6-3-7-11-22/h2-18H,1H3/b17-14+. The van der Waals surface area contributed by atoms with Crippen LogP contribution in [0.3, 0.4) is 0 Å². The third kappa shape index (κ3) is 4.66. The third-order valence-corrected chi connectivity index (χ3v) is 5.65. The highest BCUT2D eigenvalue weighted by Gasteiger charge is 2.12. The maximum Gasteiger partial charge on any atom is 0.355 e. The monoisotopic (exact) mass is 436 g/mol. The number of para-hydroxylation sites is 2. The summed E-state index contributed by atoms with van der Waals surface area (Å²) in [6, 6.07) is 32.2. The fraction of sp³-hybridized carbons (Fsp3) is 0.0370. The first-order valence-electron chi connectivity index (χ1n) is 10.00. The minimum Gasteiger partial charge on any atom is -0.422 e. The number of nitriles is 1. The second-order valence-corrected chi connectivity index (χ2v) is 7.77. The van der Waals surface area contributed by atoms with E-state index in [0.29, 0.717) is 10.7 Å². The molecule has 0 N–H and O–H groups in total. The Morgan fingerprint density at radius 2 is 1.41 bits per heavy atom. The zero-order valence-electron chi connectivity index (χ0n) is 17.4. The van der Waals surface area contributed by atoms with Crippen LogP contribution in [-0.4, -0.2) is 6.26 Å².